The molecule has 0 saturated heterocycles. The first-order valence-electron chi connectivity index (χ1n) is 7.27. The van der Waals surface area contributed by atoms with E-state index in [0.29, 0.717) is 6.42 Å². The van der Waals surface area contributed by atoms with E-state index in [0.717, 1.165) is 12.1 Å². The number of benzene rings is 1. The highest BCUT2D eigenvalue weighted by Crippen LogP contribution is 2.25. The number of nitrogens with two attached hydrogens (primary N) is 1. The molecule has 3 nitrogen and oxygen atoms in total. The van der Waals surface area contributed by atoms with Crippen LogP contribution in [0.2, 0.25) is 0 Å². The predicted molar refractivity (Wildman–Crippen MR) is 93.3 cm³/mol. The van der Waals surface area contributed by atoms with Crippen LogP contribution >= 0.6 is 12.4 Å². The van der Waals surface area contributed by atoms with Crippen molar-refractivity contribution in [3.05, 3.63) is 29.8 Å². The van der Waals surface area contributed by atoms with Gasteiger partial charge in [-0.3, -0.25) is 4.79 Å². The van der Waals surface area contributed by atoms with Gasteiger partial charge < -0.3 is 10.6 Å². The second kappa shape index (κ2) is 7.28. The van der Waals surface area contributed by atoms with E-state index in [4.69, 9.17) is 5.73 Å². The number of carbonyl (C=O) groups excluding carboxylic acids is 1. The summed E-state index contributed by atoms with van der Waals surface area (Å²) >= 11 is 0. The maximum Gasteiger partial charge on any atom is 0.246 e. The zero-order chi connectivity index (χ0) is 15.6. The quantitative estimate of drug-likeness (QED) is 0.917. The van der Waals surface area contributed by atoms with E-state index in [9.17, 15) is 4.79 Å². The molecule has 0 fully saturated rings. The number of halogens is 1. The molecular formula is C17H29ClN2O. The standard InChI is InChI=1S/C17H28N2O.ClH/c1-7-12-17(5,18)15(20)19(6)14-10-8-13(9-11-14)16(2,3)4;/h8-11H,7,12,18H2,1-6H3;1H. The molecule has 0 heterocycles. The van der Waals surface area contributed by atoms with Gasteiger partial charge in [0.05, 0.1) is 5.54 Å². The largest absolute Gasteiger partial charge is 0.318 e. The van der Waals surface area contributed by atoms with Crippen molar-refractivity contribution in [3.63, 3.8) is 0 Å². The SMILES string of the molecule is CCCC(C)(N)C(=O)N(C)c1ccc(C(C)(C)C)cc1.Cl. The van der Waals surface area contributed by atoms with Crippen molar-refractivity contribution in [2.75, 3.05) is 11.9 Å². The molecule has 1 atom stereocenters. The van der Waals surface area contributed by atoms with Crippen LogP contribution < -0.4 is 10.6 Å². The third kappa shape index (κ3) is 5.01. The van der Waals surface area contributed by atoms with Gasteiger partial charge in [0.2, 0.25) is 5.91 Å². The Balaban J connectivity index is 0.00000400. The summed E-state index contributed by atoms with van der Waals surface area (Å²) in [7, 11) is 1.79. The molecule has 1 aromatic rings. The van der Waals surface area contributed by atoms with Crippen LogP contribution in [0, 0.1) is 0 Å². The summed E-state index contributed by atoms with van der Waals surface area (Å²) in [5, 5.41) is 0. The molecule has 0 aliphatic heterocycles. The highest BCUT2D eigenvalue weighted by molar-refractivity contribution is 5.99. The summed E-state index contributed by atoms with van der Waals surface area (Å²) in [5.74, 6) is -0.0390. The highest BCUT2D eigenvalue weighted by Gasteiger charge is 2.30. The summed E-state index contributed by atoms with van der Waals surface area (Å²) in [6.45, 7) is 10.4. The molecule has 0 spiro atoms. The summed E-state index contributed by atoms with van der Waals surface area (Å²) in [6, 6.07) is 8.13. The minimum Gasteiger partial charge on any atom is -0.318 e. The Morgan fingerprint density at radius 3 is 2.00 bits per heavy atom. The van der Waals surface area contributed by atoms with Gasteiger partial charge in [0, 0.05) is 12.7 Å². The predicted octanol–water partition coefficient (Wildman–Crippen LogP) is 3.89. The fourth-order valence-corrected chi connectivity index (χ4v) is 2.31. The molecule has 0 saturated carbocycles. The van der Waals surface area contributed by atoms with Crippen molar-refractivity contribution in [1.82, 2.24) is 0 Å². The Hall–Kier alpha value is -1.06. The lowest BCUT2D eigenvalue weighted by Gasteiger charge is -2.29. The van der Waals surface area contributed by atoms with E-state index < -0.39 is 5.54 Å². The molecule has 0 bridgehead atoms. The van der Waals surface area contributed by atoms with Crippen LogP contribution in [0.4, 0.5) is 5.69 Å². The summed E-state index contributed by atoms with van der Waals surface area (Å²) in [6.07, 6.45) is 1.59. The Morgan fingerprint density at radius 1 is 1.14 bits per heavy atom. The third-order valence-electron chi connectivity index (χ3n) is 3.68. The number of carbonyl (C=O) groups is 1. The molecule has 21 heavy (non-hydrogen) atoms. The number of nitrogens with zero attached hydrogens (tertiary/aromatic N) is 1. The minimum atomic E-state index is -0.799. The lowest BCUT2D eigenvalue weighted by Crippen LogP contribution is -2.52. The summed E-state index contributed by atoms with van der Waals surface area (Å²) in [4.78, 5) is 14.1. The molecule has 0 aliphatic carbocycles. The Bertz CT molecular complexity index is 461. The van der Waals surface area contributed by atoms with Crippen LogP contribution in [-0.4, -0.2) is 18.5 Å². The second-order valence-electron chi connectivity index (χ2n) is 6.83. The number of likely N-dealkylation sites (N-methyl/N-ethyl adjacent to an activating group) is 1. The maximum atomic E-state index is 12.4. The van der Waals surface area contributed by atoms with Crippen LogP contribution in [-0.2, 0) is 10.2 Å². The number of amides is 1. The minimum absolute atomic E-state index is 0. The van der Waals surface area contributed by atoms with Gasteiger partial charge in [-0.1, -0.05) is 46.2 Å². The first-order chi connectivity index (χ1) is 9.09. The summed E-state index contributed by atoms with van der Waals surface area (Å²) in [5.41, 5.74) is 7.58. The molecule has 0 aromatic heterocycles. The van der Waals surface area contributed by atoms with Gasteiger partial charge >= 0.3 is 0 Å². The number of anilines is 1. The highest BCUT2D eigenvalue weighted by atomic mass is 35.5. The monoisotopic (exact) mass is 312 g/mol. The van der Waals surface area contributed by atoms with Crippen molar-refractivity contribution in [2.24, 2.45) is 5.73 Å². The van der Waals surface area contributed by atoms with Crippen LogP contribution in [0.3, 0.4) is 0 Å². The number of hydrogen-bond acceptors (Lipinski definition) is 2. The van der Waals surface area contributed by atoms with E-state index in [1.807, 2.05) is 19.1 Å². The Morgan fingerprint density at radius 2 is 1.62 bits per heavy atom. The zero-order valence-corrected chi connectivity index (χ0v) is 14.9. The van der Waals surface area contributed by atoms with Crippen LogP contribution in [0.5, 0.6) is 0 Å². The maximum absolute atomic E-state index is 12.4. The van der Waals surface area contributed by atoms with Gasteiger partial charge in [-0.05, 0) is 36.5 Å². The zero-order valence-electron chi connectivity index (χ0n) is 14.1. The molecule has 1 rings (SSSR count). The van der Waals surface area contributed by atoms with Crippen molar-refractivity contribution in [1.29, 1.82) is 0 Å². The lowest BCUT2D eigenvalue weighted by molar-refractivity contribution is -0.123. The molecule has 1 amide bonds. The van der Waals surface area contributed by atoms with Crippen molar-refractivity contribution >= 4 is 24.0 Å². The lowest BCUT2D eigenvalue weighted by atomic mass is 9.87. The number of rotatable bonds is 4. The van der Waals surface area contributed by atoms with E-state index >= 15 is 0 Å². The van der Waals surface area contributed by atoms with E-state index in [-0.39, 0.29) is 23.7 Å². The van der Waals surface area contributed by atoms with Crippen molar-refractivity contribution in [2.45, 2.75) is 58.4 Å². The first kappa shape index (κ1) is 19.9. The van der Waals surface area contributed by atoms with Gasteiger partial charge in [-0.15, -0.1) is 12.4 Å². The van der Waals surface area contributed by atoms with Crippen LogP contribution in [0.25, 0.3) is 0 Å². The van der Waals surface area contributed by atoms with Crippen molar-refractivity contribution < 1.29 is 4.79 Å². The summed E-state index contributed by atoms with van der Waals surface area (Å²) < 4.78 is 0. The molecule has 0 radical (unpaired) electrons. The van der Waals surface area contributed by atoms with Gasteiger partial charge in [0.1, 0.15) is 0 Å². The molecule has 1 unspecified atom stereocenters. The fourth-order valence-electron chi connectivity index (χ4n) is 2.31. The molecule has 120 valence electrons. The molecule has 0 aliphatic rings. The fraction of sp³-hybridized carbons (Fsp3) is 0.588. The van der Waals surface area contributed by atoms with E-state index in [1.165, 1.54) is 5.56 Å². The van der Waals surface area contributed by atoms with Gasteiger partial charge in [-0.2, -0.15) is 0 Å². The molecular weight excluding hydrogens is 284 g/mol. The van der Waals surface area contributed by atoms with Gasteiger partial charge in [0.15, 0.2) is 0 Å². The topological polar surface area (TPSA) is 46.3 Å². The molecule has 1 aromatic carbocycles. The Labute approximate surface area is 135 Å². The average molecular weight is 313 g/mol. The second-order valence-corrected chi connectivity index (χ2v) is 6.83. The third-order valence-corrected chi connectivity index (χ3v) is 3.68. The molecule has 4 heteroatoms. The number of hydrogen-bond donors (Lipinski definition) is 1. The smallest absolute Gasteiger partial charge is 0.246 e. The van der Waals surface area contributed by atoms with E-state index in [1.54, 1.807) is 18.9 Å². The Kier molecular flexibility index (Phi) is 6.91. The van der Waals surface area contributed by atoms with Crippen molar-refractivity contribution in [3.8, 4) is 0 Å². The normalized spacial score (nSPS) is 14.0. The van der Waals surface area contributed by atoms with Crippen LogP contribution in [0.1, 0.15) is 53.0 Å². The van der Waals surface area contributed by atoms with Gasteiger partial charge in [0.25, 0.3) is 0 Å². The average Bonchev–Trinajstić information content (AvgIpc) is 2.36. The van der Waals surface area contributed by atoms with E-state index in [2.05, 4.69) is 32.9 Å². The first-order valence-corrected chi connectivity index (χ1v) is 7.27. The van der Waals surface area contributed by atoms with Crippen LogP contribution in [0.15, 0.2) is 24.3 Å². The molecule has 2 N–H and O–H groups in total. The van der Waals surface area contributed by atoms with Gasteiger partial charge in [-0.25, -0.2) is 0 Å².